The number of fused-ring (bicyclic) bond motifs is 1. The molecule has 5 nitrogen and oxygen atoms in total. The van der Waals surface area contributed by atoms with Gasteiger partial charge >= 0.3 is 0 Å². The van der Waals surface area contributed by atoms with Gasteiger partial charge in [0.1, 0.15) is 0 Å². The predicted octanol–water partition coefficient (Wildman–Crippen LogP) is 0.759. The van der Waals surface area contributed by atoms with Crippen LogP contribution in [0.2, 0.25) is 0 Å². The Morgan fingerprint density at radius 3 is 2.72 bits per heavy atom. The van der Waals surface area contributed by atoms with E-state index in [9.17, 15) is 13.2 Å². The van der Waals surface area contributed by atoms with Crippen LogP contribution in [0.4, 0.5) is 0 Å². The van der Waals surface area contributed by atoms with Crippen molar-refractivity contribution in [1.82, 2.24) is 4.90 Å². The summed E-state index contributed by atoms with van der Waals surface area (Å²) in [7, 11) is -2.92. The van der Waals surface area contributed by atoms with Crippen LogP contribution in [0.3, 0.4) is 0 Å². The summed E-state index contributed by atoms with van der Waals surface area (Å²) >= 11 is 1.44. The summed E-state index contributed by atoms with van der Waals surface area (Å²) in [5.74, 6) is 0.126. The lowest BCUT2D eigenvalue weighted by Crippen LogP contribution is -2.37. The molecule has 0 N–H and O–H groups in total. The second kappa shape index (κ2) is 4.85. The molecular weight excluding hydrogens is 272 g/mol. The summed E-state index contributed by atoms with van der Waals surface area (Å²) in [6.07, 6.45) is 0. The smallest absolute Gasteiger partial charge is 0.250 e. The fraction of sp³-hybridized carbons (Fsp3) is 0.818. The summed E-state index contributed by atoms with van der Waals surface area (Å²) < 4.78 is 23.2. The molecule has 0 aromatic heterocycles. The zero-order valence-corrected chi connectivity index (χ0v) is 12.4. The number of carbonyl (C=O) groups is 1. The Kier molecular flexibility index (Phi) is 3.73. The number of rotatable bonds is 2. The molecule has 102 valence electrons. The quantitative estimate of drug-likeness (QED) is 0.751. The molecule has 2 rings (SSSR count). The van der Waals surface area contributed by atoms with Crippen LogP contribution in [0.1, 0.15) is 20.8 Å². The summed E-state index contributed by atoms with van der Waals surface area (Å²) in [4.78, 5) is 17.7. The lowest BCUT2D eigenvalue weighted by atomic mass is 10.2. The number of amides is 1. The second-order valence-electron chi connectivity index (χ2n) is 4.97. The van der Waals surface area contributed by atoms with Crippen molar-refractivity contribution in [2.24, 2.45) is 10.9 Å². The Hall–Kier alpha value is -0.560. The van der Waals surface area contributed by atoms with Crippen molar-refractivity contribution in [2.45, 2.75) is 32.1 Å². The molecule has 0 aliphatic carbocycles. The highest BCUT2D eigenvalue weighted by atomic mass is 32.2. The third-order valence-corrected chi connectivity index (χ3v) is 6.46. The number of hydrogen-bond donors (Lipinski definition) is 0. The molecule has 2 aliphatic heterocycles. The maximum Gasteiger partial charge on any atom is 0.250 e. The number of sulfone groups is 1. The Bertz CT molecular complexity index is 485. The van der Waals surface area contributed by atoms with Gasteiger partial charge in [0.2, 0.25) is 0 Å². The lowest BCUT2D eigenvalue weighted by molar-refractivity contribution is -0.120. The van der Waals surface area contributed by atoms with E-state index in [-0.39, 0.29) is 34.6 Å². The Morgan fingerprint density at radius 1 is 1.50 bits per heavy atom. The van der Waals surface area contributed by atoms with E-state index in [1.807, 2.05) is 25.7 Å². The maximum atomic E-state index is 11.7. The summed E-state index contributed by atoms with van der Waals surface area (Å²) in [6, 6.07) is -0.0105. The average molecular weight is 290 g/mol. The van der Waals surface area contributed by atoms with Crippen LogP contribution < -0.4 is 0 Å². The van der Waals surface area contributed by atoms with Crippen LogP contribution in [-0.2, 0) is 14.6 Å². The van der Waals surface area contributed by atoms with Crippen molar-refractivity contribution in [3.05, 3.63) is 0 Å². The average Bonchev–Trinajstić information content (AvgIpc) is 2.68. The molecule has 0 radical (unpaired) electrons. The number of amidine groups is 1. The van der Waals surface area contributed by atoms with Gasteiger partial charge in [0, 0.05) is 17.7 Å². The second-order valence-corrected chi connectivity index (χ2v) is 8.33. The minimum Gasteiger partial charge on any atom is -0.346 e. The maximum absolute atomic E-state index is 11.7. The van der Waals surface area contributed by atoms with E-state index in [0.717, 1.165) is 0 Å². The molecule has 0 spiro atoms. The van der Waals surface area contributed by atoms with Gasteiger partial charge in [-0.1, -0.05) is 25.6 Å². The van der Waals surface area contributed by atoms with Gasteiger partial charge in [-0.15, -0.1) is 0 Å². The zero-order chi connectivity index (χ0) is 13.5. The lowest BCUT2D eigenvalue weighted by Gasteiger charge is -2.22. The summed E-state index contributed by atoms with van der Waals surface area (Å²) in [5, 5.41) is 0.731. The standard InChI is InChI=1S/C11H18N2O3S2/c1-4-13-8-5-18(15,16)6-9(8)17-11(13)12-10(14)7(2)3/h7-9H,4-6H2,1-3H3/t8-,9+/m0/s1. The third kappa shape index (κ3) is 2.56. The fourth-order valence-corrected chi connectivity index (χ4v) is 6.25. The van der Waals surface area contributed by atoms with Crippen LogP contribution in [-0.4, -0.2) is 53.7 Å². The fourth-order valence-electron chi connectivity index (χ4n) is 2.23. The highest BCUT2D eigenvalue weighted by Gasteiger charge is 2.48. The monoisotopic (exact) mass is 290 g/mol. The molecule has 1 amide bonds. The van der Waals surface area contributed by atoms with Gasteiger partial charge in [-0.25, -0.2) is 8.42 Å². The van der Waals surface area contributed by atoms with Gasteiger partial charge in [0.05, 0.1) is 17.5 Å². The minimum absolute atomic E-state index is 0.0105. The molecular formula is C11H18N2O3S2. The number of carbonyl (C=O) groups excluding carboxylic acids is 1. The van der Waals surface area contributed by atoms with Crippen LogP contribution >= 0.6 is 11.8 Å². The number of thioether (sulfide) groups is 1. The van der Waals surface area contributed by atoms with Gasteiger partial charge in [0.25, 0.3) is 5.91 Å². The van der Waals surface area contributed by atoms with Gasteiger partial charge < -0.3 is 4.90 Å². The Labute approximate surface area is 112 Å². The van der Waals surface area contributed by atoms with Gasteiger partial charge in [-0.05, 0) is 6.92 Å². The molecule has 0 saturated carbocycles. The van der Waals surface area contributed by atoms with Crippen molar-refractivity contribution in [3.63, 3.8) is 0 Å². The van der Waals surface area contributed by atoms with E-state index in [0.29, 0.717) is 11.7 Å². The normalized spacial score (nSPS) is 32.2. The molecule has 0 bridgehead atoms. The highest BCUT2D eigenvalue weighted by molar-refractivity contribution is 8.15. The number of hydrogen-bond acceptors (Lipinski definition) is 4. The predicted molar refractivity (Wildman–Crippen MR) is 73.5 cm³/mol. The summed E-state index contributed by atoms with van der Waals surface area (Å²) in [5.41, 5.74) is 0. The topological polar surface area (TPSA) is 66.8 Å². The third-order valence-electron chi connectivity index (χ3n) is 3.22. The molecule has 0 aromatic carbocycles. The molecule has 2 heterocycles. The molecule has 18 heavy (non-hydrogen) atoms. The molecule has 2 aliphatic rings. The minimum atomic E-state index is -2.92. The Morgan fingerprint density at radius 2 is 2.17 bits per heavy atom. The van der Waals surface area contributed by atoms with Crippen LogP contribution in [0.15, 0.2) is 4.99 Å². The van der Waals surface area contributed by atoms with Crippen molar-refractivity contribution >= 4 is 32.7 Å². The van der Waals surface area contributed by atoms with Crippen molar-refractivity contribution in [2.75, 3.05) is 18.1 Å². The van der Waals surface area contributed by atoms with Crippen molar-refractivity contribution < 1.29 is 13.2 Å². The first-order chi connectivity index (χ1) is 8.34. The number of nitrogens with zero attached hydrogens (tertiary/aromatic N) is 2. The van der Waals surface area contributed by atoms with Crippen LogP contribution in [0.5, 0.6) is 0 Å². The molecule has 2 fully saturated rings. The van der Waals surface area contributed by atoms with Gasteiger partial charge in [0.15, 0.2) is 15.0 Å². The van der Waals surface area contributed by atoms with Gasteiger partial charge in [-0.2, -0.15) is 4.99 Å². The van der Waals surface area contributed by atoms with Crippen molar-refractivity contribution in [1.29, 1.82) is 0 Å². The van der Waals surface area contributed by atoms with E-state index < -0.39 is 9.84 Å². The van der Waals surface area contributed by atoms with E-state index >= 15 is 0 Å². The van der Waals surface area contributed by atoms with Crippen LogP contribution in [0.25, 0.3) is 0 Å². The zero-order valence-electron chi connectivity index (χ0n) is 10.8. The highest BCUT2D eigenvalue weighted by Crippen LogP contribution is 2.37. The van der Waals surface area contributed by atoms with E-state index in [1.165, 1.54) is 11.8 Å². The molecule has 2 saturated heterocycles. The SMILES string of the molecule is CCN1C(=NC(=O)C(C)C)S[C@@H]2CS(=O)(=O)C[C@@H]21. The first kappa shape index (κ1) is 13.9. The summed E-state index contributed by atoms with van der Waals surface area (Å²) in [6.45, 7) is 6.28. The molecule has 7 heteroatoms. The molecule has 0 aromatic rings. The first-order valence-electron chi connectivity index (χ1n) is 6.10. The van der Waals surface area contributed by atoms with E-state index in [2.05, 4.69) is 4.99 Å². The van der Waals surface area contributed by atoms with Crippen LogP contribution in [0, 0.1) is 5.92 Å². The van der Waals surface area contributed by atoms with E-state index in [4.69, 9.17) is 0 Å². The van der Waals surface area contributed by atoms with Gasteiger partial charge in [-0.3, -0.25) is 4.79 Å². The first-order valence-corrected chi connectivity index (χ1v) is 8.80. The largest absolute Gasteiger partial charge is 0.346 e. The number of aliphatic imine (C=N–C) groups is 1. The molecule has 0 unspecified atom stereocenters. The van der Waals surface area contributed by atoms with E-state index in [1.54, 1.807) is 0 Å². The Balaban J connectivity index is 2.21. The van der Waals surface area contributed by atoms with Crippen molar-refractivity contribution in [3.8, 4) is 0 Å². The molecule has 2 atom stereocenters.